The number of hydrogen-bond acceptors (Lipinski definition) is 9. The number of imidazole rings is 1. The maximum atomic E-state index is 13.2. The second-order valence-electron chi connectivity index (χ2n) is 10.3. The van der Waals surface area contributed by atoms with Crippen molar-refractivity contribution in [3.05, 3.63) is 69.3 Å². The highest BCUT2D eigenvalue weighted by molar-refractivity contribution is 8.03. The number of aliphatic carboxylic acids is 1. The standard InChI is InChI=1S/C26H29N5O8S/c1-14-21-20(15(2)32)24(33)30(21)22(25(34)35)23(14)40-19-9-18(10-28-8-7-27-13-28)29(11-19)26(36)39-12-16-3-5-17(6-4-16)31(37)38/h3-8,13-15,18-21,32H,9-12H2,1-2H3,(H,34,35)/t14-,15-,18+,19+,20-,21-/m1/s1. The van der Waals surface area contributed by atoms with Gasteiger partial charge in [-0.1, -0.05) is 6.92 Å². The first-order valence-corrected chi connectivity index (χ1v) is 13.7. The number of carbonyl (C=O) groups excluding carboxylic acids is 2. The lowest BCUT2D eigenvalue weighted by Gasteiger charge is -2.46. The van der Waals surface area contributed by atoms with Gasteiger partial charge in [0.25, 0.3) is 5.69 Å². The Morgan fingerprint density at radius 2 is 2.02 bits per heavy atom. The zero-order valence-electron chi connectivity index (χ0n) is 21.8. The van der Waals surface area contributed by atoms with Crippen molar-refractivity contribution >= 4 is 35.4 Å². The third-order valence-electron chi connectivity index (χ3n) is 7.71. The number of fused-ring (bicyclic) bond motifs is 1. The fourth-order valence-electron chi connectivity index (χ4n) is 5.79. The van der Waals surface area contributed by atoms with Gasteiger partial charge >= 0.3 is 12.1 Å². The molecule has 0 spiro atoms. The Hall–Kier alpha value is -3.91. The van der Waals surface area contributed by atoms with Gasteiger partial charge in [0.1, 0.15) is 12.3 Å². The summed E-state index contributed by atoms with van der Waals surface area (Å²) >= 11 is 1.36. The third kappa shape index (κ3) is 5.04. The van der Waals surface area contributed by atoms with Crippen LogP contribution in [-0.2, 0) is 27.5 Å². The molecule has 1 aromatic heterocycles. The monoisotopic (exact) mass is 571 g/mol. The lowest BCUT2D eigenvalue weighted by molar-refractivity contribution is -0.384. The number of carboxylic acids is 1. The number of benzene rings is 1. The number of hydrogen-bond donors (Lipinski definition) is 2. The second-order valence-corrected chi connectivity index (χ2v) is 11.6. The topological polar surface area (TPSA) is 168 Å². The number of aliphatic hydroxyl groups excluding tert-OH is 1. The molecule has 2 fully saturated rings. The molecule has 3 aliphatic rings. The van der Waals surface area contributed by atoms with Crippen molar-refractivity contribution in [1.82, 2.24) is 19.4 Å². The van der Waals surface area contributed by atoms with E-state index >= 15 is 0 Å². The number of thioether (sulfide) groups is 1. The van der Waals surface area contributed by atoms with E-state index < -0.39 is 35.0 Å². The lowest BCUT2D eigenvalue weighted by Crippen LogP contribution is -2.63. The molecular formula is C26H29N5O8S. The van der Waals surface area contributed by atoms with Gasteiger partial charge in [-0.15, -0.1) is 11.8 Å². The van der Waals surface area contributed by atoms with Crippen molar-refractivity contribution in [2.24, 2.45) is 11.8 Å². The Labute approximate surface area is 233 Å². The molecule has 1 aromatic carbocycles. The van der Waals surface area contributed by atoms with Crippen LogP contribution in [0.1, 0.15) is 25.8 Å². The van der Waals surface area contributed by atoms with E-state index in [0.717, 1.165) is 0 Å². The van der Waals surface area contributed by atoms with Gasteiger partial charge in [-0.25, -0.2) is 14.6 Å². The Kier molecular flexibility index (Phi) is 7.55. The molecule has 4 heterocycles. The fraction of sp³-hybridized carbons (Fsp3) is 0.462. The highest BCUT2D eigenvalue weighted by Gasteiger charge is 2.60. The number of β-lactam (4-membered cyclic amide) rings is 1. The van der Waals surface area contributed by atoms with Crippen LogP contribution in [0.5, 0.6) is 0 Å². The van der Waals surface area contributed by atoms with Crippen molar-refractivity contribution in [1.29, 1.82) is 0 Å². The van der Waals surface area contributed by atoms with Crippen molar-refractivity contribution in [3.63, 3.8) is 0 Å². The molecule has 3 aliphatic heterocycles. The first-order chi connectivity index (χ1) is 19.1. The number of ether oxygens (including phenoxy) is 1. The van der Waals surface area contributed by atoms with E-state index in [4.69, 9.17) is 4.74 Å². The largest absolute Gasteiger partial charge is 0.477 e. The summed E-state index contributed by atoms with van der Waals surface area (Å²) in [6.45, 7) is 4.10. The first-order valence-electron chi connectivity index (χ1n) is 12.8. The number of rotatable bonds is 9. The summed E-state index contributed by atoms with van der Waals surface area (Å²) in [4.78, 5) is 56.0. The van der Waals surface area contributed by atoms with Gasteiger partial charge in [0.05, 0.1) is 35.4 Å². The maximum Gasteiger partial charge on any atom is 0.410 e. The highest BCUT2D eigenvalue weighted by atomic mass is 32.2. The highest BCUT2D eigenvalue weighted by Crippen LogP contribution is 2.52. The molecule has 14 heteroatoms. The average molecular weight is 572 g/mol. The summed E-state index contributed by atoms with van der Waals surface area (Å²) in [5, 5.41) is 30.8. The smallest absolute Gasteiger partial charge is 0.410 e. The van der Waals surface area contributed by atoms with Crippen LogP contribution in [-0.4, -0.2) is 82.4 Å². The summed E-state index contributed by atoms with van der Waals surface area (Å²) in [5.41, 5.74) is 0.500. The SMILES string of the molecule is C[C@@H](O)[C@H]1C(=O)N2C(C(=O)O)=C(S[C@H]3C[C@@H](Cn4ccnc4)N(C(=O)OCc4ccc([N+](=O)[O-])cc4)C3)[C@H](C)[C@H]12. The minimum Gasteiger partial charge on any atom is -0.477 e. The quantitative estimate of drug-likeness (QED) is 0.259. The van der Waals surface area contributed by atoms with Crippen LogP contribution in [0.4, 0.5) is 10.5 Å². The molecule has 2 amide bonds. The van der Waals surface area contributed by atoms with E-state index in [1.165, 1.54) is 47.9 Å². The molecule has 0 radical (unpaired) electrons. The zero-order chi connectivity index (χ0) is 28.7. The maximum absolute atomic E-state index is 13.2. The minimum absolute atomic E-state index is 0.0465. The van der Waals surface area contributed by atoms with Gasteiger partial charge in [-0.05, 0) is 31.0 Å². The number of non-ortho nitro benzene ring substituents is 1. The first kappa shape index (κ1) is 27.6. The van der Waals surface area contributed by atoms with Crippen LogP contribution < -0.4 is 0 Å². The molecule has 40 heavy (non-hydrogen) atoms. The van der Waals surface area contributed by atoms with E-state index in [1.54, 1.807) is 23.6 Å². The summed E-state index contributed by atoms with van der Waals surface area (Å²) < 4.78 is 7.41. The molecule has 0 aliphatic carbocycles. The van der Waals surface area contributed by atoms with Gasteiger partial charge in [-0.3, -0.25) is 14.9 Å². The summed E-state index contributed by atoms with van der Waals surface area (Å²) in [6.07, 6.45) is 4.20. The van der Waals surface area contributed by atoms with Crippen molar-refractivity contribution in [2.45, 2.75) is 56.9 Å². The lowest BCUT2D eigenvalue weighted by atomic mass is 9.79. The number of nitro groups is 1. The Morgan fingerprint density at radius 3 is 2.62 bits per heavy atom. The summed E-state index contributed by atoms with van der Waals surface area (Å²) in [6, 6.07) is 5.09. The molecule has 2 N–H and O–H groups in total. The number of nitro benzene ring substituents is 1. The van der Waals surface area contributed by atoms with Crippen LogP contribution in [0.15, 0.2) is 53.6 Å². The Balaban J connectivity index is 1.31. The van der Waals surface area contributed by atoms with E-state index in [2.05, 4.69) is 4.98 Å². The Morgan fingerprint density at radius 1 is 1.30 bits per heavy atom. The van der Waals surface area contributed by atoms with E-state index in [9.17, 15) is 34.7 Å². The van der Waals surface area contributed by atoms with Gasteiger partial charge in [0.15, 0.2) is 0 Å². The van der Waals surface area contributed by atoms with Crippen LogP contribution in [0.3, 0.4) is 0 Å². The molecule has 13 nitrogen and oxygen atoms in total. The minimum atomic E-state index is -1.19. The number of carbonyl (C=O) groups is 3. The van der Waals surface area contributed by atoms with Gasteiger partial charge in [0, 0.05) is 53.7 Å². The van der Waals surface area contributed by atoms with Crippen LogP contribution in [0.25, 0.3) is 0 Å². The molecule has 0 saturated carbocycles. The number of amides is 2. The van der Waals surface area contributed by atoms with Crippen LogP contribution in [0, 0.1) is 22.0 Å². The molecule has 0 bridgehead atoms. The zero-order valence-corrected chi connectivity index (χ0v) is 22.6. The number of carboxylic acid groups (broad SMARTS) is 1. The molecule has 212 valence electrons. The summed E-state index contributed by atoms with van der Waals surface area (Å²) in [5.74, 6) is -2.50. The summed E-state index contributed by atoms with van der Waals surface area (Å²) in [7, 11) is 0. The number of aromatic nitrogens is 2. The van der Waals surface area contributed by atoms with Crippen LogP contribution >= 0.6 is 11.8 Å². The molecule has 0 unspecified atom stereocenters. The molecule has 5 rings (SSSR count). The van der Waals surface area contributed by atoms with E-state index in [-0.39, 0.29) is 41.1 Å². The van der Waals surface area contributed by atoms with E-state index in [0.29, 0.717) is 30.0 Å². The number of aliphatic hydroxyl groups is 1. The van der Waals surface area contributed by atoms with Crippen molar-refractivity contribution in [2.75, 3.05) is 6.54 Å². The molecular weight excluding hydrogens is 542 g/mol. The average Bonchev–Trinajstić information content (AvgIpc) is 3.61. The number of likely N-dealkylation sites (tertiary alicyclic amines) is 1. The van der Waals surface area contributed by atoms with Gasteiger partial charge in [0.2, 0.25) is 5.91 Å². The molecule has 2 aromatic rings. The van der Waals surface area contributed by atoms with E-state index in [1.807, 2.05) is 11.5 Å². The molecule has 6 atom stereocenters. The normalized spacial score (nSPS) is 26.5. The van der Waals surface area contributed by atoms with Gasteiger partial charge in [-0.2, -0.15) is 0 Å². The number of nitrogens with zero attached hydrogens (tertiary/aromatic N) is 5. The van der Waals surface area contributed by atoms with Crippen molar-refractivity contribution < 1.29 is 34.3 Å². The Bertz CT molecular complexity index is 1350. The predicted molar refractivity (Wildman–Crippen MR) is 142 cm³/mol. The third-order valence-corrected chi connectivity index (χ3v) is 9.20. The van der Waals surface area contributed by atoms with Gasteiger partial charge < -0.3 is 29.3 Å². The second kappa shape index (κ2) is 10.9. The van der Waals surface area contributed by atoms with Crippen molar-refractivity contribution in [3.8, 4) is 0 Å². The molecule has 2 saturated heterocycles. The fourth-order valence-corrected chi connectivity index (χ4v) is 7.36. The van der Waals surface area contributed by atoms with Crippen LogP contribution in [0.2, 0.25) is 0 Å². The predicted octanol–water partition coefficient (Wildman–Crippen LogP) is 2.46.